The van der Waals surface area contributed by atoms with Crippen molar-refractivity contribution in [2.24, 2.45) is 0 Å². The zero-order chi connectivity index (χ0) is 15.1. The summed E-state index contributed by atoms with van der Waals surface area (Å²) in [5.74, 6) is -0.00977. The SMILES string of the molecule is CNC(=O)c1cccc(CCNC(=O)C2CCCCN2)c1.Cl. The molecule has 0 aliphatic carbocycles. The van der Waals surface area contributed by atoms with E-state index in [0.717, 1.165) is 37.8 Å². The molecule has 1 unspecified atom stereocenters. The zero-order valence-corrected chi connectivity index (χ0v) is 13.7. The highest BCUT2D eigenvalue weighted by Gasteiger charge is 2.19. The Labute approximate surface area is 137 Å². The van der Waals surface area contributed by atoms with Gasteiger partial charge in [0.05, 0.1) is 6.04 Å². The molecule has 0 radical (unpaired) electrons. The number of hydrogen-bond acceptors (Lipinski definition) is 3. The Balaban J connectivity index is 0.00000242. The molecule has 22 heavy (non-hydrogen) atoms. The number of rotatable bonds is 5. The van der Waals surface area contributed by atoms with Gasteiger partial charge in [0.15, 0.2) is 0 Å². The average molecular weight is 326 g/mol. The molecule has 1 saturated heterocycles. The van der Waals surface area contributed by atoms with Gasteiger partial charge in [0.25, 0.3) is 5.91 Å². The van der Waals surface area contributed by atoms with Crippen molar-refractivity contribution in [2.75, 3.05) is 20.1 Å². The van der Waals surface area contributed by atoms with E-state index in [-0.39, 0.29) is 30.3 Å². The lowest BCUT2D eigenvalue weighted by atomic mass is 10.0. The quantitative estimate of drug-likeness (QED) is 0.763. The van der Waals surface area contributed by atoms with Gasteiger partial charge in [-0.3, -0.25) is 9.59 Å². The van der Waals surface area contributed by atoms with Crippen LogP contribution in [0.4, 0.5) is 0 Å². The van der Waals surface area contributed by atoms with Crippen LogP contribution in [-0.2, 0) is 11.2 Å². The molecular formula is C16H24ClN3O2. The molecule has 1 heterocycles. The van der Waals surface area contributed by atoms with Gasteiger partial charge in [-0.15, -0.1) is 12.4 Å². The lowest BCUT2D eigenvalue weighted by Crippen LogP contribution is -2.47. The molecule has 0 bridgehead atoms. The van der Waals surface area contributed by atoms with Gasteiger partial charge >= 0.3 is 0 Å². The molecule has 0 saturated carbocycles. The molecule has 1 aliphatic rings. The molecule has 1 aliphatic heterocycles. The number of benzene rings is 1. The summed E-state index contributed by atoms with van der Waals surface area (Å²) < 4.78 is 0. The number of hydrogen-bond donors (Lipinski definition) is 3. The first-order chi connectivity index (χ1) is 10.2. The second-order valence-corrected chi connectivity index (χ2v) is 5.32. The van der Waals surface area contributed by atoms with Crippen LogP contribution in [0.1, 0.15) is 35.2 Å². The maximum absolute atomic E-state index is 12.0. The number of piperidine rings is 1. The number of nitrogens with one attached hydrogen (secondary N) is 3. The van der Waals surface area contributed by atoms with E-state index in [0.29, 0.717) is 12.1 Å². The van der Waals surface area contributed by atoms with Crippen molar-refractivity contribution in [3.05, 3.63) is 35.4 Å². The lowest BCUT2D eigenvalue weighted by Gasteiger charge is -2.22. The van der Waals surface area contributed by atoms with Crippen LogP contribution in [0.5, 0.6) is 0 Å². The predicted molar refractivity (Wildman–Crippen MR) is 89.4 cm³/mol. The number of carbonyl (C=O) groups excluding carboxylic acids is 2. The summed E-state index contributed by atoms with van der Waals surface area (Å²) in [5.41, 5.74) is 1.70. The van der Waals surface area contributed by atoms with E-state index in [1.54, 1.807) is 13.1 Å². The molecule has 122 valence electrons. The van der Waals surface area contributed by atoms with Crippen molar-refractivity contribution in [2.45, 2.75) is 31.7 Å². The van der Waals surface area contributed by atoms with Gasteiger partial charge in [-0.25, -0.2) is 0 Å². The summed E-state index contributed by atoms with van der Waals surface area (Å²) in [4.78, 5) is 23.5. The van der Waals surface area contributed by atoms with Crippen molar-refractivity contribution in [3.8, 4) is 0 Å². The van der Waals surface area contributed by atoms with Gasteiger partial charge in [-0.2, -0.15) is 0 Å². The fourth-order valence-corrected chi connectivity index (χ4v) is 2.54. The van der Waals surface area contributed by atoms with Crippen molar-refractivity contribution in [1.82, 2.24) is 16.0 Å². The van der Waals surface area contributed by atoms with Crippen LogP contribution in [0.3, 0.4) is 0 Å². The maximum Gasteiger partial charge on any atom is 0.251 e. The van der Waals surface area contributed by atoms with E-state index < -0.39 is 0 Å². The predicted octanol–water partition coefficient (Wildman–Crippen LogP) is 1.27. The fraction of sp³-hybridized carbons (Fsp3) is 0.500. The number of carbonyl (C=O) groups is 2. The molecule has 5 nitrogen and oxygen atoms in total. The summed E-state index contributed by atoms with van der Waals surface area (Å²) >= 11 is 0. The Hall–Kier alpha value is -1.59. The minimum atomic E-state index is -0.0905. The highest BCUT2D eigenvalue weighted by molar-refractivity contribution is 5.94. The highest BCUT2D eigenvalue weighted by Crippen LogP contribution is 2.08. The van der Waals surface area contributed by atoms with Gasteiger partial charge in [-0.1, -0.05) is 18.6 Å². The van der Waals surface area contributed by atoms with Gasteiger partial charge in [0.1, 0.15) is 0 Å². The summed E-state index contributed by atoms with van der Waals surface area (Å²) in [7, 11) is 1.62. The number of amides is 2. The molecular weight excluding hydrogens is 302 g/mol. The van der Waals surface area contributed by atoms with Crippen molar-refractivity contribution >= 4 is 24.2 Å². The first kappa shape index (κ1) is 18.5. The Morgan fingerprint density at radius 3 is 2.82 bits per heavy atom. The van der Waals surface area contributed by atoms with Crippen molar-refractivity contribution in [3.63, 3.8) is 0 Å². The third-order valence-electron chi connectivity index (χ3n) is 3.76. The fourth-order valence-electron chi connectivity index (χ4n) is 2.54. The second kappa shape index (κ2) is 9.43. The minimum Gasteiger partial charge on any atom is -0.355 e. The Bertz CT molecular complexity index is 502. The average Bonchev–Trinajstić information content (AvgIpc) is 2.55. The molecule has 2 rings (SSSR count). The van der Waals surface area contributed by atoms with E-state index in [9.17, 15) is 9.59 Å². The van der Waals surface area contributed by atoms with E-state index in [1.807, 2.05) is 18.2 Å². The first-order valence-electron chi connectivity index (χ1n) is 7.53. The summed E-state index contributed by atoms with van der Waals surface area (Å²) in [6, 6.07) is 7.44. The zero-order valence-electron chi connectivity index (χ0n) is 12.9. The monoisotopic (exact) mass is 325 g/mol. The van der Waals surface area contributed by atoms with Gasteiger partial charge in [0, 0.05) is 19.2 Å². The van der Waals surface area contributed by atoms with E-state index in [4.69, 9.17) is 0 Å². The third-order valence-corrected chi connectivity index (χ3v) is 3.76. The first-order valence-corrected chi connectivity index (χ1v) is 7.53. The summed E-state index contributed by atoms with van der Waals surface area (Å²) in [6.07, 6.45) is 3.90. The molecule has 1 fully saturated rings. The normalized spacial score (nSPS) is 17.2. The van der Waals surface area contributed by atoms with Crippen LogP contribution in [0, 0.1) is 0 Å². The van der Waals surface area contributed by atoms with E-state index in [1.165, 1.54) is 0 Å². The van der Waals surface area contributed by atoms with Crippen molar-refractivity contribution < 1.29 is 9.59 Å². The van der Waals surface area contributed by atoms with Crippen LogP contribution in [-0.4, -0.2) is 38.0 Å². The molecule has 6 heteroatoms. The third kappa shape index (κ3) is 5.31. The Kier molecular flexibility index (Phi) is 7.91. The largest absolute Gasteiger partial charge is 0.355 e. The van der Waals surface area contributed by atoms with Crippen LogP contribution >= 0.6 is 12.4 Å². The van der Waals surface area contributed by atoms with Crippen LogP contribution in [0.15, 0.2) is 24.3 Å². The molecule has 1 aromatic rings. The number of halogens is 1. The van der Waals surface area contributed by atoms with Crippen LogP contribution < -0.4 is 16.0 Å². The minimum absolute atomic E-state index is 0. The standard InChI is InChI=1S/C16H23N3O2.ClH/c1-17-15(20)13-6-4-5-12(11-13)8-10-19-16(21)14-7-2-3-9-18-14;/h4-6,11,14,18H,2-3,7-10H2,1H3,(H,17,20)(H,19,21);1H. The lowest BCUT2D eigenvalue weighted by molar-refractivity contribution is -0.123. The van der Waals surface area contributed by atoms with Gasteiger partial charge < -0.3 is 16.0 Å². The van der Waals surface area contributed by atoms with Crippen molar-refractivity contribution in [1.29, 1.82) is 0 Å². The van der Waals surface area contributed by atoms with E-state index >= 15 is 0 Å². The molecule has 1 atom stereocenters. The molecule has 0 aromatic heterocycles. The molecule has 3 N–H and O–H groups in total. The van der Waals surface area contributed by atoms with Gasteiger partial charge in [0.2, 0.25) is 5.91 Å². The summed E-state index contributed by atoms with van der Waals surface area (Å²) in [5, 5.41) is 8.80. The molecule has 1 aromatic carbocycles. The Morgan fingerprint density at radius 1 is 1.32 bits per heavy atom. The van der Waals surface area contributed by atoms with Crippen LogP contribution in [0.25, 0.3) is 0 Å². The smallest absolute Gasteiger partial charge is 0.251 e. The summed E-state index contributed by atoms with van der Waals surface area (Å²) in [6.45, 7) is 1.51. The molecule has 2 amide bonds. The topological polar surface area (TPSA) is 70.2 Å². The van der Waals surface area contributed by atoms with E-state index in [2.05, 4.69) is 16.0 Å². The van der Waals surface area contributed by atoms with Gasteiger partial charge in [-0.05, 0) is 43.5 Å². The Morgan fingerprint density at radius 2 is 2.14 bits per heavy atom. The highest BCUT2D eigenvalue weighted by atomic mass is 35.5. The maximum atomic E-state index is 12.0. The molecule has 0 spiro atoms. The van der Waals surface area contributed by atoms with Crippen LogP contribution in [0.2, 0.25) is 0 Å². The second-order valence-electron chi connectivity index (χ2n) is 5.32.